The molecule has 17 heavy (non-hydrogen) atoms. The van der Waals surface area contributed by atoms with Gasteiger partial charge in [0, 0.05) is 24.9 Å². The summed E-state index contributed by atoms with van der Waals surface area (Å²) in [6.45, 7) is 3.81. The molecule has 0 radical (unpaired) electrons. The molecule has 0 heterocycles. The Morgan fingerprint density at radius 3 is 2.65 bits per heavy atom. The molecule has 2 unspecified atom stereocenters. The Hall–Kier alpha value is -0.130. The van der Waals surface area contributed by atoms with Gasteiger partial charge in [-0.05, 0) is 32.9 Å². The van der Waals surface area contributed by atoms with Crippen molar-refractivity contribution >= 4 is 9.84 Å². The third kappa shape index (κ3) is 5.84. The Bertz CT molecular complexity index is 314. The van der Waals surface area contributed by atoms with E-state index in [0.717, 1.165) is 13.0 Å². The summed E-state index contributed by atoms with van der Waals surface area (Å²) in [7, 11) is -0.793. The predicted molar refractivity (Wildman–Crippen MR) is 72.1 cm³/mol. The fraction of sp³-hybridized carbons (Fsp3) is 1.00. The van der Waals surface area contributed by atoms with E-state index in [1.54, 1.807) is 0 Å². The van der Waals surface area contributed by atoms with Gasteiger partial charge in [-0.1, -0.05) is 13.3 Å². The van der Waals surface area contributed by atoms with E-state index >= 15 is 0 Å². The van der Waals surface area contributed by atoms with E-state index in [4.69, 9.17) is 0 Å². The molecule has 0 aromatic rings. The lowest BCUT2D eigenvalue weighted by molar-refractivity contribution is 0.177. The van der Waals surface area contributed by atoms with E-state index in [0.29, 0.717) is 18.6 Å². The Morgan fingerprint density at radius 1 is 1.35 bits per heavy atom. The monoisotopic (exact) mass is 262 g/mol. The minimum atomic E-state index is -2.84. The smallest absolute Gasteiger partial charge is 0.148 e. The lowest BCUT2D eigenvalue weighted by atomic mass is 9.90. The summed E-state index contributed by atoms with van der Waals surface area (Å²) in [5.74, 6) is 0.270. The Labute approximate surface area is 106 Å². The first kappa shape index (κ1) is 14.9. The molecule has 1 N–H and O–H groups in total. The highest BCUT2D eigenvalue weighted by Gasteiger charge is 2.24. The molecule has 102 valence electrons. The van der Waals surface area contributed by atoms with Crippen molar-refractivity contribution in [3.63, 3.8) is 0 Å². The van der Waals surface area contributed by atoms with Gasteiger partial charge in [0.1, 0.15) is 9.84 Å². The van der Waals surface area contributed by atoms with Crippen molar-refractivity contribution in [2.75, 3.05) is 32.1 Å². The minimum Gasteiger partial charge on any atom is -0.314 e. The normalized spacial score (nSPS) is 26.4. The summed E-state index contributed by atoms with van der Waals surface area (Å²) in [5, 5.41) is 3.50. The quantitative estimate of drug-likeness (QED) is 0.772. The summed E-state index contributed by atoms with van der Waals surface area (Å²) in [6.07, 6.45) is 6.15. The van der Waals surface area contributed by atoms with E-state index in [9.17, 15) is 8.42 Å². The van der Waals surface area contributed by atoms with Crippen molar-refractivity contribution in [2.45, 2.75) is 44.7 Å². The van der Waals surface area contributed by atoms with Crippen LogP contribution in [0.15, 0.2) is 0 Å². The summed E-state index contributed by atoms with van der Waals surface area (Å²) in [5.41, 5.74) is 0. The van der Waals surface area contributed by atoms with Crippen LogP contribution in [0, 0.1) is 0 Å². The maximum atomic E-state index is 11.1. The number of sulfone groups is 1. The molecule has 0 saturated heterocycles. The second kappa shape index (κ2) is 6.71. The Balaban J connectivity index is 2.38. The first-order valence-corrected chi connectivity index (χ1v) is 8.59. The van der Waals surface area contributed by atoms with Crippen molar-refractivity contribution < 1.29 is 8.42 Å². The summed E-state index contributed by atoms with van der Waals surface area (Å²) < 4.78 is 22.3. The fourth-order valence-corrected chi connectivity index (χ4v) is 3.15. The van der Waals surface area contributed by atoms with Crippen LogP contribution in [0.4, 0.5) is 0 Å². The van der Waals surface area contributed by atoms with Crippen LogP contribution in [0.1, 0.15) is 32.6 Å². The van der Waals surface area contributed by atoms with Crippen LogP contribution in [0.3, 0.4) is 0 Å². The molecule has 2 atom stereocenters. The molecule has 1 aliphatic rings. The van der Waals surface area contributed by atoms with E-state index < -0.39 is 9.84 Å². The average molecular weight is 262 g/mol. The van der Waals surface area contributed by atoms with Gasteiger partial charge in [-0.3, -0.25) is 0 Å². The van der Waals surface area contributed by atoms with E-state index in [-0.39, 0.29) is 5.75 Å². The average Bonchev–Trinajstić information content (AvgIpc) is 2.26. The standard InChI is InChI=1S/C12H26N2O2S/c1-4-13-11-6-5-7-12(10-11)14(2)8-9-17(3,15)16/h11-13H,4-10H2,1-3H3. The third-order valence-corrected chi connectivity index (χ3v) is 4.50. The molecule has 1 rings (SSSR count). The largest absolute Gasteiger partial charge is 0.314 e. The third-order valence-electron chi connectivity index (χ3n) is 3.58. The summed E-state index contributed by atoms with van der Waals surface area (Å²) in [4.78, 5) is 2.21. The van der Waals surface area contributed by atoms with E-state index in [2.05, 4.69) is 17.1 Å². The highest BCUT2D eigenvalue weighted by Crippen LogP contribution is 2.22. The van der Waals surface area contributed by atoms with Gasteiger partial charge >= 0.3 is 0 Å². The van der Waals surface area contributed by atoms with Crippen LogP contribution in [-0.4, -0.2) is 57.5 Å². The predicted octanol–water partition coefficient (Wildman–Crippen LogP) is 0.884. The van der Waals surface area contributed by atoms with Gasteiger partial charge in [-0.15, -0.1) is 0 Å². The van der Waals surface area contributed by atoms with Crippen LogP contribution < -0.4 is 5.32 Å². The molecule has 0 amide bonds. The number of hydrogen-bond donors (Lipinski definition) is 1. The molecule has 4 nitrogen and oxygen atoms in total. The van der Waals surface area contributed by atoms with Crippen LogP contribution >= 0.6 is 0 Å². The number of hydrogen-bond acceptors (Lipinski definition) is 4. The highest BCUT2D eigenvalue weighted by molar-refractivity contribution is 7.90. The van der Waals surface area contributed by atoms with Gasteiger partial charge in [0.2, 0.25) is 0 Å². The maximum absolute atomic E-state index is 11.1. The molecule has 5 heteroatoms. The van der Waals surface area contributed by atoms with Gasteiger partial charge in [0.25, 0.3) is 0 Å². The first-order valence-electron chi connectivity index (χ1n) is 6.53. The molecular weight excluding hydrogens is 236 g/mol. The Kier molecular flexibility index (Phi) is 5.89. The van der Waals surface area contributed by atoms with Gasteiger partial charge < -0.3 is 10.2 Å². The maximum Gasteiger partial charge on any atom is 0.148 e. The zero-order valence-corrected chi connectivity index (χ0v) is 12.1. The summed E-state index contributed by atoms with van der Waals surface area (Å²) >= 11 is 0. The molecule has 1 aliphatic carbocycles. The van der Waals surface area contributed by atoms with Crippen molar-refractivity contribution in [3.8, 4) is 0 Å². The highest BCUT2D eigenvalue weighted by atomic mass is 32.2. The fourth-order valence-electron chi connectivity index (χ4n) is 2.53. The zero-order valence-electron chi connectivity index (χ0n) is 11.3. The molecule has 0 spiro atoms. The molecule has 0 aliphatic heterocycles. The zero-order chi connectivity index (χ0) is 12.9. The molecule has 0 aromatic heterocycles. The van der Waals surface area contributed by atoms with Crippen molar-refractivity contribution in [2.24, 2.45) is 0 Å². The topological polar surface area (TPSA) is 49.4 Å². The SMILES string of the molecule is CCNC1CCCC(N(C)CCS(C)(=O)=O)C1. The van der Waals surface area contributed by atoms with Crippen molar-refractivity contribution in [1.29, 1.82) is 0 Å². The van der Waals surface area contributed by atoms with Crippen LogP contribution in [0.25, 0.3) is 0 Å². The number of nitrogens with one attached hydrogen (secondary N) is 1. The molecule has 1 fully saturated rings. The molecule has 0 bridgehead atoms. The number of nitrogens with zero attached hydrogens (tertiary/aromatic N) is 1. The van der Waals surface area contributed by atoms with E-state index in [1.165, 1.54) is 25.5 Å². The number of rotatable bonds is 6. The lowest BCUT2D eigenvalue weighted by Crippen LogP contribution is -2.44. The minimum absolute atomic E-state index is 0.270. The molecule has 0 aromatic carbocycles. The Morgan fingerprint density at radius 2 is 2.06 bits per heavy atom. The van der Waals surface area contributed by atoms with Crippen LogP contribution in [0.5, 0.6) is 0 Å². The molecular formula is C12H26N2O2S. The lowest BCUT2D eigenvalue weighted by Gasteiger charge is -2.35. The van der Waals surface area contributed by atoms with Gasteiger partial charge in [0.05, 0.1) is 5.75 Å². The van der Waals surface area contributed by atoms with E-state index in [1.807, 2.05) is 7.05 Å². The van der Waals surface area contributed by atoms with Gasteiger partial charge in [-0.2, -0.15) is 0 Å². The van der Waals surface area contributed by atoms with Crippen molar-refractivity contribution in [1.82, 2.24) is 10.2 Å². The van der Waals surface area contributed by atoms with Crippen LogP contribution in [0.2, 0.25) is 0 Å². The molecule has 1 saturated carbocycles. The van der Waals surface area contributed by atoms with Gasteiger partial charge in [-0.25, -0.2) is 8.42 Å². The summed E-state index contributed by atoms with van der Waals surface area (Å²) in [6, 6.07) is 1.15. The second-order valence-electron chi connectivity index (χ2n) is 5.19. The first-order chi connectivity index (χ1) is 7.92. The van der Waals surface area contributed by atoms with Gasteiger partial charge in [0.15, 0.2) is 0 Å². The van der Waals surface area contributed by atoms with Crippen molar-refractivity contribution in [3.05, 3.63) is 0 Å². The second-order valence-corrected chi connectivity index (χ2v) is 7.45. The van der Waals surface area contributed by atoms with Crippen LogP contribution in [-0.2, 0) is 9.84 Å².